The molecule has 0 amide bonds. The number of guanidine groups is 1. The van der Waals surface area contributed by atoms with Gasteiger partial charge in [-0.3, -0.25) is 4.99 Å². The predicted octanol–water partition coefficient (Wildman–Crippen LogP) is 2.88. The van der Waals surface area contributed by atoms with Crippen LogP contribution < -0.4 is 5.32 Å². The van der Waals surface area contributed by atoms with Gasteiger partial charge in [0.2, 0.25) is 0 Å². The van der Waals surface area contributed by atoms with Crippen molar-refractivity contribution in [3.05, 3.63) is 34.3 Å². The minimum absolute atomic E-state index is 0.735. The lowest BCUT2D eigenvalue weighted by Gasteiger charge is -2.22. The molecule has 1 aliphatic rings. The molecule has 0 heterocycles. The quantitative estimate of drug-likeness (QED) is 0.465. The lowest BCUT2D eigenvalue weighted by molar-refractivity contribution is 0.128. The Kier molecular flexibility index (Phi) is 6.51. The second-order valence-electron chi connectivity index (χ2n) is 5.44. The first-order valence-corrected chi connectivity index (χ1v) is 8.23. The third-order valence-corrected chi connectivity index (χ3v) is 4.29. The van der Waals surface area contributed by atoms with Gasteiger partial charge in [-0.25, -0.2) is 0 Å². The molecule has 0 atom stereocenters. The summed E-state index contributed by atoms with van der Waals surface area (Å²) in [5.41, 5.74) is 1.24. The van der Waals surface area contributed by atoms with Crippen LogP contribution in [-0.4, -0.2) is 44.7 Å². The van der Waals surface area contributed by atoms with Crippen LogP contribution in [0.3, 0.4) is 0 Å². The fraction of sp³-hybridized carbons (Fsp3) is 0.562. The maximum absolute atomic E-state index is 5.63. The molecule has 1 N–H and O–H groups in total. The van der Waals surface area contributed by atoms with Crippen molar-refractivity contribution in [2.45, 2.75) is 19.4 Å². The van der Waals surface area contributed by atoms with Crippen LogP contribution in [0.2, 0.25) is 0 Å². The van der Waals surface area contributed by atoms with Gasteiger partial charge in [0.15, 0.2) is 5.96 Å². The standard InChI is InChI=1S/C16H24BrN3O/c1-18-16(19-9-10-21-12-13-7-8-13)20(2)11-14-5-3-4-6-15(14)17/h3-6,13H,7-12H2,1-2H3,(H,18,19). The molecule has 4 nitrogen and oxygen atoms in total. The van der Waals surface area contributed by atoms with E-state index in [-0.39, 0.29) is 0 Å². The van der Waals surface area contributed by atoms with Crippen LogP contribution in [0.4, 0.5) is 0 Å². The summed E-state index contributed by atoms with van der Waals surface area (Å²) >= 11 is 3.58. The van der Waals surface area contributed by atoms with Gasteiger partial charge in [0.1, 0.15) is 0 Å². The zero-order valence-corrected chi connectivity index (χ0v) is 14.4. The van der Waals surface area contributed by atoms with Gasteiger partial charge >= 0.3 is 0 Å². The van der Waals surface area contributed by atoms with Gasteiger partial charge in [-0.1, -0.05) is 34.1 Å². The van der Waals surface area contributed by atoms with Crippen LogP contribution >= 0.6 is 15.9 Å². The number of hydrogen-bond acceptors (Lipinski definition) is 2. The van der Waals surface area contributed by atoms with Crippen molar-refractivity contribution >= 4 is 21.9 Å². The van der Waals surface area contributed by atoms with Gasteiger partial charge < -0.3 is 15.0 Å². The molecule has 0 spiro atoms. The van der Waals surface area contributed by atoms with Gasteiger partial charge in [-0.05, 0) is 30.4 Å². The summed E-state index contributed by atoms with van der Waals surface area (Å²) in [5.74, 6) is 1.71. The number of nitrogens with one attached hydrogen (secondary N) is 1. The summed E-state index contributed by atoms with van der Waals surface area (Å²) < 4.78 is 6.75. The van der Waals surface area contributed by atoms with Crippen LogP contribution in [-0.2, 0) is 11.3 Å². The van der Waals surface area contributed by atoms with Gasteiger partial charge in [-0.15, -0.1) is 0 Å². The van der Waals surface area contributed by atoms with E-state index in [1.54, 1.807) is 0 Å². The molecule has 0 radical (unpaired) electrons. The molecule has 0 aromatic heterocycles. The third kappa shape index (κ3) is 5.67. The Morgan fingerprint density at radius 2 is 2.19 bits per heavy atom. The fourth-order valence-electron chi connectivity index (χ4n) is 2.11. The highest BCUT2D eigenvalue weighted by atomic mass is 79.9. The number of halogens is 1. The molecule has 0 saturated heterocycles. The second kappa shape index (κ2) is 8.39. The van der Waals surface area contributed by atoms with E-state index in [1.165, 1.54) is 18.4 Å². The topological polar surface area (TPSA) is 36.9 Å². The average molecular weight is 354 g/mol. The molecule has 1 saturated carbocycles. The highest BCUT2D eigenvalue weighted by Gasteiger charge is 2.20. The zero-order chi connectivity index (χ0) is 15.1. The van der Waals surface area contributed by atoms with E-state index >= 15 is 0 Å². The minimum Gasteiger partial charge on any atom is -0.379 e. The molecule has 0 bridgehead atoms. The van der Waals surface area contributed by atoms with E-state index in [1.807, 2.05) is 20.2 Å². The van der Waals surface area contributed by atoms with E-state index < -0.39 is 0 Å². The largest absolute Gasteiger partial charge is 0.379 e. The molecule has 1 aliphatic carbocycles. The van der Waals surface area contributed by atoms with Gasteiger partial charge in [-0.2, -0.15) is 0 Å². The van der Waals surface area contributed by atoms with Crippen molar-refractivity contribution < 1.29 is 4.74 Å². The van der Waals surface area contributed by atoms with Crippen molar-refractivity contribution in [2.24, 2.45) is 10.9 Å². The van der Waals surface area contributed by atoms with Gasteiger partial charge in [0.05, 0.1) is 6.61 Å². The lowest BCUT2D eigenvalue weighted by Crippen LogP contribution is -2.40. The lowest BCUT2D eigenvalue weighted by atomic mass is 10.2. The Bertz CT molecular complexity index is 474. The molecule has 21 heavy (non-hydrogen) atoms. The third-order valence-electron chi connectivity index (χ3n) is 3.52. The number of rotatable bonds is 7. The van der Waals surface area contributed by atoms with Gasteiger partial charge in [0.25, 0.3) is 0 Å². The molecule has 116 valence electrons. The van der Waals surface area contributed by atoms with Crippen LogP contribution in [0.1, 0.15) is 18.4 Å². The first-order valence-electron chi connectivity index (χ1n) is 7.43. The number of nitrogens with zero attached hydrogens (tertiary/aromatic N) is 2. The summed E-state index contributed by atoms with van der Waals surface area (Å²) in [4.78, 5) is 6.43. The van der Waals surface area contributed by atoms with Crippen molar-refractivity contribution in [1.82, 2.24) is 10.2 Å². The van der Waals surface area contributed by atoms with Gasteiger partial charge in [0, 0.05) is 38.3 Å². The van der Waals surface area contributed by atoms with E-state index in [9.17, 15) is 0 Å². The average Bonchev–Trinajstić information content (AvgIpc) is 3.29. The SMILES string of the molecule is CN=C(NCCOCC1CC1)N(C)Cc1ccccc1Br. The normalized spacial score (nSPS) is 15.1. The zero-order valence-electron chi connectivity index (χ0n) is 12.8. The Morgan fingerprint density at radius 3 is 2.86 bits per heavy atom. The number of ether oxygens (including phenoxy) is 1. The molecule has 0 aliphatic heterocycles. The van der Waals surface area contributed by atoms with E-state index in [2.05, 4.69) is 49.3 Å². The van der Waals surface area contributed by atoms with Crippen molar-refractivity contribution in [1.29, 1.82) is 0 Å². The molecule has 2 rings (SSSR count). The predicted molar refractivity (Wildman–Crippen MR) is 90.5 cm³/mol. The Hall–Kier alpha value is -1.07. The van der Waals surface area contributed by atoms with Crippen LogP contribution in [0, 0.1) is 5.92 Å². The van der Waals surface area contributed by atoms with E-state index in [4.69, 9.17) is 4.74 Å². The fourth-order valence-corrected chi connectivity index (χ4v) is 2.52. The Balaban J connectivity index is 1.72. The monoisotopic (exact) mass is 353 g/mol. The molecule has 1 aromatic rings. The second-order valence-corrected chi connectivity index (χ2v) is 6.29. The molecule has 0 unspecified atom stereocenters. The van der Waals surface area contributed by atoms with E-state index in [0.29, 0.717) is 0 Å². The van der Waals surface area contributed by atoms with Crippen LogP contribution in [0.5, 0.6) is 0 Å². The smallest absolute Gasteiger partial charge is 0.193 e. The highest BCUT2D eigenvalue weighted by Crippen LogP contribution is 2.28. The van der Waals surface area contributed by atoms with E-state index in [0.717, 1.165) is 42.7 Å². The highest BCUT2D eigenvalue weighted by molar-refractivity contribution is 9.10. The molecule has 1 fully saturated rings. The minimum atomic E-state index is 0.735. The number of aliphatic imine (C=N–C) groups is 1. The van der Waals surface area contributed by atoms with Crippen LogP contribution in [0.15, 0.2) is 33.7 Å². The maximum Gasteiger partial charge on any atom is 0.193 e. The summed E-state index contributed by atoms with van der Waals surface area (Å²) in [7, 11) is 3.85. The molecule has 1 aromatic carbocycles. The summed E-state index contributed by atoms with van der Waals surface area (Å²) in [5, 5.41) is 3.34. The molecule has 5 heteroatoms. The molecular formula is C16H24BrN3O. The first kappa shape index (κ1) is 16.3. The van der Waals surface area contributed by atoms with Crippen molar-refractivity contribution in [3.63, 3.8) is 0 Å². The Labute approximate surface area is 135 Å². The first-order chi connectivity index (χ1) is 10.2. The summed E-state index contributed by atoms with van der Waals surface area (Å²) in [6.45, 7) is 3.25. The maximum atomic E-state index is 5.63. The molecular weight excluding hydrogens is 330 g/mol. The number of hydrogen-bond donors (Lipinski definition) is 1. The van der Waals surface area contributed by atoms with Crippen molar-refractivity contribution in [2.75, 3.05) is 33.9 Å². The van der Waals surface area contributed by atoms with Crippen LogP contribution in [0.25, 0.3) is 0 Å². The summed E-state index contributed by atoms with van der Waals surface area (Å²) in [6, 6.07) is 8.26. The van der Waals surface area contributed by atoms with Crippen molar-refractivity contribution in [3.8, 4) is 0 Å². The Morgan fingerprint density at radius 1 is 1.43 bits per heavy atom. The summed E-state index contributed by atoms with van der Waals surface area (Å²) in [6.07, 6.45) is 2.67. The number of benzene rings is 1.